The molecule has 0 aliphatic carbocycles. The van der Waals surface area contributed by atoms with E-state index in [1.165, 1.54) is 19.3 Å². The van der Waals surface area contributed by atoms with E-state index in [-0.39, 0.29) is 6.10 Å². The molecule has 1 aliphatic rings. The van der Waals surface area contributed by atoms with E-state index in [1.54, 1.807) is 0 Å². The predicted molar refractivity (Wildman–Crippen MR) is 54.8 cm³/mol. The van der Waals surface area contributed by atoms with Crippen molar-refractivity contribution in [2.24, 2.45) is 0 Å². The maximum atomic E-state index is 9.61. The summed E-state index contributed by atoms with van der Waals surface area (Å²) in [7, 11) is 2.11. The Morgan fingerprint density at radius 1 is 1.38 bits per heavy atom. The van der Waals surface area contributed by atoms with Gasteiger partial charge in [-0.05, 0) is 20.0 Å². The van der Waals surface area contributed by atoms with Crippen LogP contribution in [-0.2, 0) is 0 Å². The molecule has 2 atom stereocenters. The molecule has 0 radical (unpaired) electrons. The van der Waals surface area contributed by atoms with Crippen molar-refractivity contribution in [1.29, 1.82) is 0 Å². The number of unbranched alkanes of at least 4 members (excludes halogenated alkanes) is 2. The summed E-state index contributed by atoms with van der Waals surface area (Å²) in [6, 6.07) is 0.330. The van der Waals surface area contributed by atoms with E-state index in [0.29, 0.717) is 6.04 Å². The molecule has 0 spiro atoms. The molecule has 0 bridgehead atoms. The number of likely N-dealkylation sites (N-methyl/N-ethyl adjacent to an activating group) is 1. The number of hydrogen-bond donors (Lipinski definition) is 2. The Morgan fingerprint density at radius 2 is 2.15 bits per heavy atom. The Labute approximate surface area is 81.1 Å². The highest BCUT2D eigenvalue weighted by atomic mass is 16.3. The van der Waals surface area contributed by atoms with Crippen molar-refractivity contribution in [3.63, 3.8) is 0 Å². The average molecular weight is 186 g/mol. The lowest BCUT2D eigenvalue weighted by molar-refractivity contribution is 0.0984. The van der Waals surface area contributed by atoms with Crippen LogP contribution in [0.4, 0.5) is 0 Å². The summed E-state index contributed by atoms with van der Waals surface area (Å²) in [5.41, 5.74) is 0. The standard InChI is InChI=1S/C10H22N2O/c1-3-4-5-6-12(2)9-7-11-8-10(9)13/h9-11,13H,3-8H2,1-2H3. The van der Waals surface area contributed by atoms with Gasteiger partial charge in [-0.2, -0.15) is 0 Å². The molecular formula is C10H22N2O. The molecule has 0 aromatic rings. The number of nitrogens with zero attached hydrogens (tertiary/aromatic N) is 1. The maximum absolute atomic E-state index is 9.61. The predicted octanol–water partition coefficient (Wildman–Crippen LogP) is 0.441. The van der Waals surface area contributed by atoms with Crippen molar-refractivity contribution < 1.29 is 5.11 Å². The molecule has 1 saturated heterocycles. The summed E-state index contributed by atoms with van der Waals surface area (Å²) in [6.07, 6.45) is 3.63. The topological polar surface area (TPSA) is 35.5 Å². The molecule has 0 saturated carbocycles. The lowest BCUT2D eigenvalue weighted by Crippen LogP contribution is -2.41. The zero-order valence-corrected chi connectivity index (χ0v) is 8.79. The Balaban J connectivity index is 2.18. The fraction of sp³-hybridized carbons (Fsp3) is 1.00. The molecule has 13 heavy (non-hydrogen) atoms. The van der Waals surface area contributed by atoms with Crippen molar-refractivity contribution in [3.8, 4) is 0 Å². The lowest BCUT2D eigenvalue weighted by atomic mass is 10.1. The molecule has 1 rings (SSSR count). The van der Waals surface area contributed by atoms with Gasteiger partial charge in [0.15, 0.2) is 0 Å². The molecule has 1 heterocycles. The summed E-state index contributed by atoms with van der Waals surface area (Å²) >= 11 is 0. The minimum atomic E-state index is -0.174. The van der Waals surface area contributed by atoms with Crippen LogP contribution in [0, 0.1) is 0 Å². The molecule has 3 heteroatoms. The number of β-amino-alcohol motifs (C(OH)–C–C–N with tert-alkyl or cyclic N) is 1. The quantitative estimate of drug-likeness (QED) is 0.612. The van der Waals surface area contributed by atoms with Gasteiger partial charge in [-0.1, -0.05) is 19.8 Å². The van der Waals surface area contributed by atoms with Crippen LogP contribution in [0.1, 0.15) is 26.2 Å². The van der Waals surface area contributed by atoms with Crippen LogP contribution in [0.5, 0.6) is 0 Å². The molecule has 1 aliphatic heterocycles. The maximum Gasteiger partial charge on any atom is 0.0831 e. The summed E-state index contributed by atoms with van der Waals surface area (Å²) in [5.74, 6) is 0. The van der Waals surface area contributed by atoms with Gasteiger partial charge in [0.1, 0.15) is 0 Å². The van der Waals surface area contributed by atoms with E-state index >= 15 is 0 Å². The number of nitrogens with one attached hydrogen (secondary N) is 1. The third kappa shape index (κ3) is 3.25. The largest absolute Gasteiger partial charge is 0.390 e. The monoisotopic (exact) mass is 186 g/mol. The van der Waals surface area contributed by atoms with Crippen molar-refractivity contribution >= 4 is 0 Å². The number of rotatable bonds is 5. The van der Waals surface area contributed by atoms with Crippen molar-refractivity contribution in [1.82, 2.24) is 10.2 Å². The molecule has 1 fully saturated rings. The Morgan fingerprint density at radius 3 is 2.69 bits per heavy atom. The summed E-state index contributed by atoms with van der Waals surface area (Å²) in [4.78, 5) is 2.28. The first-order valence-electron chi connectivity index (χ1n) is 5.34. The zero-order chi connectivity index (χ0) is 9.68. The normalized spacial score (nSPS) is 28.6. The second-order valence-corrected chi connectivity index (χ2v) is 3.98. The second kappa shape index (κ2) is 5.58. The van der Waals surface area contributed by atoms with Gasteiger partial charge >= 0.3 is 0 Å². The molecule has 0 amide bonds. The van der Waals surface area contributed by atoms with Crippen LogP contribution in [0.25, 0.3) is 0 Å². The van der Waals surface area contributed by atoms with E-state index in [9.17, 15) is 5.11 Å². The second-order valence-electron chi connectivity index (χ2n) is 3.98. The zero-order valence-electron chi connectivity index (χ0n) is 8.79. The lowest BCUT2D eigenvalue weighted by Gasteiger charge is -2.25. The first kappa shape index (κ1) is 11.0. The van der Waals surface area contributed by atoms with Crippen LogP contribution in [0.2, 0.25) is 0 Å². The van der Waals surface area contributed by atoms with Gasteiger partial charge in [0.25, 0.3) is 0 Å². The molecule has 0 aromatic heterocycles. The molecule has 2 unspecified atom stereocenters. The summed E-state index contributed by atoms with van der Waals surface area (Å²) < 4.78 is 0. The van der Waals surface area contributed by atoms with E-state index < -0.39 is 0 Å². The van der Waals surface area contributed by atoms with Crippen LogP contribution in [0.3, 0.4) is 0 Å². The third-order valence-electron chi connectivity index (χ3n) is 2.83. The molecule has 78 valence electrons. The Bertz CT molecular complexity index is 141. The highest BCUT2D eigenvalue weighted by Crippen LogP contribution is 2.08. The average Bonchev–Trinajstić information content (AvgIpc) is 2.52. The smallest absolute Gasteiger partial charge is 0.0831 e. The van der Waals surface area contributed by atoms with Crippen molar-refractivity contribution in [2.45, 2.75) is 38.3 Å². The van der Waals surface area contributed by atoms with Gasteiger partial charge in [0.05, 0.1) is 6.10 Å². The first-order valence-corrected chi connectivity index (χ1v) is 5.34. The summed E-state index contributed by atoms with van der Waals surface area (Å²) in [6.45, 7) is 5.01. The molecular weight excluding hydrogens is 164 g/mol. The first-order chi connectivity index (χ1) is 6.25. The SMILES string of the molecule is CCCCCN(C)C1CNCC1O. The van der Waals surface area contributed by atoms with Crippen LogP contribution in [0.15, 0.2) is 0 Å². The van der Waals surface area contributed by atoms with Gasteiger partial charge < -0.3 is 10.4 Å². The number of hydrogen-bond acceptors (Lipinski definition) is 3. The summed E-state index contributed by atoms with van der Waals surface area (Å²) in [5, 5.41) is 12.8. The number of aliphatic hydroxyl groups is 1. The fourth-order valence-electron chi connectivity index (χ4n) is 1.88. The van der Waals surface area contributed by atoms with Gasteiger partial charge in [-0.15, -0.1) is 0 Å². The van der Waals surface area contributed by atoms with E-state index in [1.807, 2.05) is 0 Å². The van der Waals surface area contributed by atoms with E-state index in [4.69, 9.17) is 0 Å². The van der Waals surface area contributed by atoms with Crippen LogP contribution < -0.4 is 5.32 Å². The van der Waals surface area contributed by atoms with E-state index in [0.717, 1.165) is 19.6 Å². The van der Waals surface area contributed by atoms with Crippen LogP contribution >= 0.6 is 0 Å². The van der Waals surface area contributed by atoms with Gasteiger partial charge in [0.2, 0.25) is 0 Å². The molecule has 2 N–H and O–H groups in total. The van der Waals surface area contributed by atoms with E-state index in [2.05, 4.69) is 24.2 Å². The van der Waals surface area contributed by atoms with Crippen LogP contribution in [-0.4, -0.2) is 48.8 Å². The van der Waals surface area contributed by atoms with Gasteiger partial charge in [0, 0.05) is 19.1 Å². The van der Waals surface area contributed by atoms with Crippen molar-refractivity contribution in [3.05, 3.63) is 0 Å². The Hall–Kier alpha value is -0.120. The highest BCUT2D eigenvalue weighted by molar-refractivity contribution is 4.87. The van der Waals surface area contributed by atoms with Gasteiger partial charge in [-0.3, -0.25) is 4.90 Å². The Kier molecular flexibility index (Phi) is 4.70. The minimum Gasteiger partial charge on any atom is -0.390 e. The minimum absolute atomic E-state index is 0.174. The molecule has 3 nitrogen and oxygen atoms in total. The van der Waals surface area contributed by atoms with Crippen molar-refractivity contribution in [2.75, 3.05) is 26.7 Å². The molecule has 0 aromatic carbocycles. The fourth-order valence-corrected chi connectivity index (χ4v) is 1.88. The highest BCUT2D eigenvalue weighted by Gasteiger charge is 2.27. The third-order valence-corrected chi connectivity index (χ3v) is 2.83. The number of aliphatic hydroxyl groups excluding tert-OH is 1. The van der Waals surface area contributed by atoms with Gasteiger partial charge in [-0.25, -0.2) is 0 Å².